The summed E-state index contributed by atoms with van der Waals surface area (Å²) in [6.07, 6.45) is 5.48. The molecule has 58 valence electrons. The molecule has 0 bridgehead atoms. The molecule has 0 spiro atoms. The standard InChI is InChI=1S/C8H9ClN2/c1-3-5-7-6(4-2)10-8(9)11-7/h3-5H,2H2,1H3,(H,10,11)/b5-3-. The number of H-pyrrole nitrogens is 1. The predicted octanol–water partition coefficient (Wildman–Crippen LogP) is 2.74. The number of aromatic nitrogens is 2. The van der Waals surface area contributed by atoms with E-state index in [1.807, 2.05) is 19.1 Å². The molecule has 1 rings (SSSR count). The predicted molar refractivity (Wildman–Crippen MR) is 48.4 cm³/mol. The van der Waals surface area contributed by atoms with E-state index in [9.17, 15) is 0 Å². The molecule has 2 nitrogen and oxygen atoms in total. The summed E-state index contributed by atoms with van der Waals surface area (Å²) in [5, 5.41) is 0.396. The van der Waals surface area contributed by atoms with Gasteiger partial charge in [-0.25, -0.2) is 4.98 Å². The molecule has 11 heavy (non-hydrogen) atoms. The Labute approximate surface area is 70.6 Å². The maximum Gasteiger partial charge on any atom is 0.201 e. The van der Waals surface area contributed by atoms with E-state index in [1.54, 1.807) is 6.08 Å². The van der Waals surface area contributed by atoms with Gasteiger partial charge in [-0.15, -0.1) is 0 Å². The van der Waals surface area contributed by atoms with Crippen molar-refractivity contribution in [2.75, 3.05) is 0 Å². The Morgan fingerprint density at radius 3 is 2.91 bits per heavy atom. The molecule has 0 amide bonds. The van der Waals surface area contributed by atoms with Gasteiger partial charge in [0.2, 0.25) is 5.28 Å². The molecule has 0 aliphatic rings. The molecular weight excluding hydrogens is 160 g/mol. The van der Waals surface area contributed by atoms with E-state index in [-0.39, 0.29) is 0 Å². The van der Waals surface area contributed by atoms with Gasteiger partial charge in [-0.05, 0) is 30.7 Å². The Bertz CT molecular complexity index is 286. The number of imidazole rings is 1. The number of allylic oxidation sites excluding steroid dienone is 1. The van der Waals surface area contributed by atoms with Crippen LogP contribution >= 0.6 is 11.6 Å². The zero-order valence-electron chi connectivity index (χ0n) is 6.26. The topological polar surface area (TPSA) is 28.7 Å². The number of nitrogens with zero attached hydrogens (tertiary/aromatic N) is 1. The molecule has 0 saturated carbocycles. The fourth-order valence-corrected chi connectivity index (χ4v) is 1.01. The van der Waals surface area contributed by atoms with Gasteiger partial charge in [0.25, 0.3) is 0 Å². The molecule has 1 N–H and O–H groups in total. The highest BCUT2D eigenvalue weighted by molar-refractivity contribution is 6.28. The van der Waals surface area contributed by atoms with Crippen LogP contribution in [0, 0.1) is 0 Å². The van der Waals surface area contributed by atoms with Gasteiger partial charge >= 0.3 is 0 Å². The first-order valence-corrected chi connectivity index (χ1v) is 3.66. The molecule has 0 atom stereocenters. The zero-order chi connectivity index (χ0) is 8.27. The first kappa shape index (κ1) is 8.08. The molecule has 0 saturated heterocycles. The third-order valence-corrected chi connectivity index (χ3v) is 1.44. The van der Waals surface area contributed by atoms with E-state index in [0.717, 1.165) is 11.4 Å². The summed E-state index contributed by atoms with van der Waals surface area (Å²) < 4.78 is 0. The Balaban J connectivity index is 3.11. The summed E-state index contributed by atoms with van der Waals surface area (Å²) >= 11 is 5.63. The lowest BCUT2D eigenvalue weighted by atomic mass is 10.3. The third kappa shape index (κ3) is 1.71. The minimum absolute atomic E-state index is 0.396. The number of aromatic amines is 1. The minimum Gasteiger partial charge on any atom is -0.329 e. The lowest BCUT2D eigenvalue weighted by molar-refractivity contribution is 1.30. The van der Waals surface area contributed by atoms with Crippen LogP contribution in [0.2, 0.25) is 5.28 Å². The summed E-state index contributed by atoms with van der Waals surface area (Å²) in [6, 6.07) is 0. The maximum atomic E-state index is 5.63. The molecular formula is C8H9ClN2. The molecule has 1 aromatic heterocycles. The van der Waals surface area contributed by atoms with Crippen molar-refractivity contribution >= 4 is 23.8 Å². The zero-order valence-corrected chi connectivity index (χ0v) is 7.02. The first-order chi connectivity index (χ1) is 5.27. The van der Waals surface area contributed by atoms with Crippen LogP contribution in [0.1, 0.15) is 18.3 Å². The average Bonchev–Trinajstić information content (AvgIpc) is 2.32. The second-order valence-corrected chi connectivity index (χ2v) is 2.39. The van der Waals surface area contributed by atoms with Gasteiger partial charge in [0, 0.05) is 0 Å². The van der Waals surface area contributed by atoms with Crippen LogP contribution < -0.4 is 0 Å². The van der Waals surface area contributed by atoms with Crippen LogP contribution in [-0.4, -0.2) is 9.97 Å². The summed E-state index contributed by atoms with van der Waals surface area (Å²) in [7, 11) is 0. The van der Waals surface area contributed by atoms with Crippen LogP contribution in [0.25, 0.3) is 12.2 Å². The van der Waals surface area contributed by atoms with Crippen molar-refractivity contribution in [3.8, 4) is 0 Å². The molecule has 1 heterocycles. The van der Waals surface area contributed by atoms with Crippen LogP contribution in [0.3, 0.4) is 0 Å². The summed E-state index contributed by atoms with van der Waals surface area (Å²) in [5.41, 5.74) is 1.68. The second kappa shape index (κ2) is 3.39. The molecule has 0 unspecified atom stereocenters. The van der Waals surface area contributed by atoms with Crippen LogP contribution in [0.15, 0.2) is 12.7 Å². The molecule has 1 aromatic rings. The first-order valence-electron chi connectivity index (χ1n) is 3.28. The number of nitrogens with one attached hydrogen (secondary N) is 1. The van der Waals surface area contributed by atoms with Gasteiger partial charge < -0.3 is 4.98 Å². The Morgan fingerprint density at radius 1 is 1.64 bits per heavy atom. The number of halogens is 1. The van der Waals surface area contributed by atoms with E-state index in [1.165, 1.54) is 0 Å². The fourth-order valence-electron chi connectivity index (χ4n) is 0.818. The van der Waals surface area contributed by atoms with Gasteiger partial charge in [-0.3, -0.25) is 0 Å². The highest BCUT2D eigenvalue weighted by Crippen LogP contribution is 2.12. The molecule has 3 heteroatoms. The van der Waals surface area contributed by atoms with Crippen molar-refractivity contribution in [1.29, 1.82) is 0 Å². The van der Waals surface area contributed by atoms with Crippen molar-refractivity contribution in [2.24, 2.45) is 0 Å². The van der Waals surface area contributed by atoms with Crippen LogP contribution in [-0.2, 0) is 0 Å². The van der Waals surface area contributed by atoms with Crippen molar-refractivity contribution in [2.45, 2.75) is 6.92 Å². The van der Waals surface area contributed by atoms with E-state index in [0.29, 0.717) is 5.28 Å². The molecule has 0 fully saturated rings. The Morgan fingerprint density at radius 2 is 2.36 bits per heavy atom. The number of hydrogen-bond donors (Lipinski definition) is 1. The quantitative estimate of drug-likeness (QED) is 0.723. The molecule has 0 aliphatic heterocycles. The van der Waals surface area contributed by atoms with Gasteiger partial charge in [0.1, 0.15) is 0 Å². The lowest BCUT2D eigenvalue weighted by Gasteiger charge is -1.85. The monoisotopic (exact) mass is 168 g/mol. The van der Waals surface area contributed by atoms with Crippen LogP contribution in [0.4, 0.5) is 0 Å². The van der Waals surface area contributed by atoms with Gasteiger partial charge in [0.05, 0.1) is 11.4 Å². The third-order valence-electron chi connectivity index (χ3n) is 1.26. The van der Waals surface area contributed by atoms with Crippen LogP contribution in [0.5, 0.6) is 0 Å². The maximum absolute atomic E-state index is 5.63. The van der Waals surface area contributed by atoms with Crippen molar-refractivity contribution in [3.63, 3.8) is 0 Å². The minimum atomic E-state index is 0.396. The van der Waals surface area contributed by atoms with E-state index in [4.69, 9.17) is 11.6 Å². The summed E-state index contributed by atoms with van der Waals surface area (Å²) in [4.78, 5) is 6.88. The number of rotatable bonds is 2. The van der Waals surface area contributed by atoms with Crippen molar-refractivity contribution < 1.29 is 0 Å². The summed E-state index contributed by atoms with van der Waals surface area (Å²) in [5.74, 6) is 0. The number of hydrogen-bond acceptors (Lipinski definition) is 1. The second-order valence-electron chi connectivity index (χ2n) is 2.03. The van der Waals surface area contributed by atoms with Crippen molar-refractivity contribution in [1.82, 2.24) is 9.97 Å². The fraction of sp³-hybridized carbons (Fsp3) is 0.125. The SMILES string of the molecule is C=Cc1nc(Cl)[nH]c1/C=C\C. The lowest BCUT2D eigenvalue weighted by Crippen LogP contribution is -1.74. The highest BCUT2D eigenvalue weighted by atomic mass is 35.5. The Hall–Kier alpha value is -1.02. The smallest absolute Gasteiger partial charge is 0.201 e. The largest absolute Gasteiger partial charge is 0.329 e. The van der Waals surface area contributed by atoms with Gasteiger partial charge in [0.15, 0.2) is 0 Å². The molecule has 0 radical (unpaired) electrons. The average molecular weight is 169 g/mol. The van der Waals surface area contributed by atoms with E-state index < -0.39 is 0 Å². The molecule has 0 aromatic carbocycles. The Kier molecular flexibility index (Phi) is 2.49. The summed E-state index contributed by atoms with van der Waals surface area (Å²) in [6.45, 7) is 5.54. The normalized spacial score (nSPS) is 10.7. The van der Waals surface area contributed by atoms with Gasteiger partial charge in [-0.2, -0.15) is 0 Å². The van der Waals surface area contributed by atoms with Gasteiger partial charge in [-0.1, -0.05) is 12.7 Å². The highest BCUT2D eigenvalue weighted by Gasteiger charge is 2.00. The molecule has 0 aliphatic carbocycles. The van der Waals surface area contributed by atoms with Crippen molar-refractivity contribution in [3.05, 3.63) is 29.3 Å². The van der Waals surface area contributed by atoms with E-state index in [2.05, 4.69) is 16.5 Å². The van der Waals surface area contributed by atoms with E-state index >= 15 is 0 Å².